The minimum absolute atomic E-state index is 0.0214. The van der Waals surface area contributed by atoms with Crippen LogP contribution in [0.15, 0.2) is 42.5 Å². The molecule has 1 aromatic heterocycles. The fourth-order valence-corrected chi connectivity index (χ4v) is 4.93. The summed E-state index contributed by atoms with van der Waals surface area (Å²) in [6.07, 6.45) is 1.15. The highest BCUT2D eigenvalue weighted by Crippen LogP contribution is 2.37. The van der Waals surface area contributed by atoms with E-state index in [1.807, 2.05) is 49.4 Å². The Hall–Kier alpha value is -3.52. The van der Waals surface area contributed by atoms with Crippen molar-refractivity contribution in [2.75, 3.05) is 25.5 Å². The summed E-state index contributed by atoms with van der Waals surface area (Å²) in [7, 11) is 0. The number of nitrogens with zero attached hydrogens (tertiary/aromatic N) is 3. The molecule has 0 saturated carbocycles. The third-order valence-corrected chi connectivity index (χ3v) is 6.71. The number of anilines is 1. The lowest BCUT2D eigenvalue weighted by Gasteiger charge is -2.36. The normalized spacial score (nSPS) is 17.1. The number of benzene rings is 2. The maximum atomic E-state index is 13.6. The number of carbonyl (C=O) groups excluding carboxylic acids is 2. The molecule has 1 saturated heterocycles. The van der Waals surface area contributed by atoms with Crippen LogP contribution in [0.5, 0.6) is 0 Å². The molecule has 0 bridgehead atoms. The van der Waals surface area contributed by atoms with Gasteiger partial charge in [-0.25, -0.2) is 9.97 Å². The molecule has 3 aromatic rings. The number of rotatable bonds is 4. The highest BCUT2D eigenvalue weighted by atomic mass is 16.5. The first-order chi connectivity index (χ1) is 16.0. The van der Waals surface area contributed by atoms with Crippen LogP contribution in [0.4, 0.5) is 5.95 Å². The highest BCUT2D eigenvalue weighted by Gasteiger charge is 2.42. The Morgan fingerprint density at radius 1 is 1.09 bits per heavy atom. The van der Waals surface area contributed by atoms with Gasteiger partial charge in [-0.05, 0) is 48.6 Å². The van der Waals surface area contributed by atoms with Crippen LogP contribution in [0.25, 0.3) is 10.9 Å². The summed E-state index contributed by atoms with van der Waals surface area (Å²) in [6, 6.07) is 13.7. The summed E-state index contributed by atoms with van der Waals surface area (Å²) < 4.78 is 5.56. The third-order valence-electron chi connectivity index (χ3n) is 6.71. The third kappa shape index (κ3) is 3.70. The molecule has 0 spiro atoms. The predicted molar refractivity (Wildman–Crippen MR) is 124 cm³/mol. The first-order valence-corrected chi connectivity index (χ1v) is 11.3. The maximum Gasteiger partial charge on any atom is 0.273 e. The summed E-state index contributed by atoms with van der Waals surface area (Å²) in [5, 5.41) is 3.59. The lowest BCUT2D eigenvalue weighted by molar-refractivity contribution is -0.130. The molecule has 5 rings (SSSR count). The highest BCUT2D eigenvalue weighted by molar-refractivity contribution is 6.05. The second kappa shape index (κ2) is 8.44. The number of nitrogens with two attached hydrogens (primary N) is 1. The van der Waals surface area contributed by atoms with Gasteiger partial charge < -0.3 is 20.7 Å². The molecule has 8 heteroatoms. The molecule has 2 aromatic carbocycles. The zero-order valence-electron chi connectivity index (χ0n) is 18.6. The van der Waals surface area contributed by atoms with Crippen molar-refractivity contribution in [1.29, 1.82) is 0 Å². The Bertz CT molecular complexity index is 1210. The Balaban J connectivity index is 1.58. The smallest absolute Gasteiger partial charge is 0.273 e. The number of ether oxygens (including phenoxy) is 1. The van der Waals surface area contributed by atoms with Gasteiger partial charge in [0.1, 0.15) is 5.69 Å². The van der Waals surface area contributed by atoms with E-state index in [-0.39, 0.29) is 23.5 Å². The molecular formula is C25H27N5O3. The van der Waals surface area contributed by atoms with Crippen molar-refractivity contribution in [3.63, 3.8) is 0 Å². The first-order valence-electron chi connectivity index (χ1n) is 11.3. The van der Waals surface area contributed by atoms with E-state index in [0.29, 0.717) is 56.6 Å². The number of carbonyl (C=O) groups is 2. The average Bonchev–Trinajstić information content (AvgIpc) is 3.28. The summed E-state index contributed by atoms with van der Waals surface area (Å²) in [5.41, 5.74) is 9.22. The number of nitrogen functional groups attached to an aromatic ring is 1. The van der Waals surface area contributed by atoms with Crippen LogP contribution < -0.4 is 11.1 Å². The van der Waals surface area contributed by atoms with Gasteiger partial charge in [-0.15, -0.1) is 0 Å². The van der Waals surface area contributed by atoms with Crippen LogP contribution in [0, 0.1) is 0 Å². The molecule has 2 amide bonds. The van der Waals surface area contributed by atoms with Gasteiger partial charge in [0, 0.05) is 38.2 Å². The summed E-state index contributed by atoms with van der Waals surface area (Å²) in [5.74, 6) is -0.159. The number of likely N-dealkylation sites (N-methyl/N-ethyl adjacent to an activating group) is 1. The van der Waals surface area contributed by atoms with E-state index in [9.17, 15) is 9.59 Å². The number of fused-ring (bicyclic) bond motifs is 2. The second-order valence-corrected chi connectivity index (χ2v) is 8.65. The van der Waals surface area contributed by atoms with Crippen LogP contribution in [-0.4, -0.2) is 46.4 Å². The van der Waals surface area contributed by atoms with Gasteiger partial charge in [-0.1, -0.05) is 30.3 Å². The van der Waals surface area contributed by atoms with E-state index in [4.69, 9.17) is 10.5 Å². The molecule has 8 nitrogen and oxygen atoms in total. The van der Waals surface area contributed by atoms with Crippen molar-refractivity contribution in [3.05, 3.63) is 64.8 Å². The van der Waals surface area contributed by atoms with E-state index in [0.717, 1.165) is 16.7 Å². The van der Waals surface area contributed by atoms with Gasteiger partial charge in [0.25, 0.3) is 5.91 Å². The lowest BCUT2D eigenvalue weighted by Crippen LogP contribution is -2.48. The molecule has 170 valence electrons. The van der Waals surface area contributed by atoms with E-state index in [1.165, 1.54) is 0 Å². The molecule has 2 aliphatic rings. The minimum atomic E-state index is -0.714. The van der Waals surface area contributed by atoms with Crippen LogP contribution in [0.3, 0.4) is 0 Å². The molecule has 0 unspecified atom stereocenters. The van der Waals surface area contributed by atoms with E-state index in [2.05, 4.69) is 15.3 Å². The zero-order chi connectivity index (χ0) is 23.0. The van der Waals surface area contributed by atoms with Crippen molar-refractivity contribution in [1.82, 2.24) is 20.2 Å². The topological polar surface area (TPSA) is 110 Å². The molecule has 3 heterocycles. The Morgan fingerprint density at radius 3 is 2.45 bits per heavy atom. The van der Waals surface area contributed by atoms with Crippen molar-refractivity contribution in [2.24, 2.45) is 0 Å². The monoisotopic (exact) mass is 445 g/mol. The SMILES string of the molecule is CCNC(=O)C1(c2ccc3nc(N)nc(C(=O)N4Cc5ccccc5C4)c3c2)CCOCC1. The van der Waals surface area contributed by atoms with Crippen LogP contribution in [0.1, 0.15) is 46.9 Å². The standard InChI is InChI=1S/C25H27N5O3/c1-2-27-23(32)25(9-11-33-12-10-25)18-7-8-20-19(13-18)21(29-24(26)28-20)22(31)30-14-16-5-3-4-6-17(16)15-30/h3-8,13H,2,9-12,14-15H2,1H3,(H,27,32)(H2,26,28,29). The van der Waals surface area contributed by atoms with E-state index >= 15 is 0 Å². The van der Waals surface area contributed by atoms with Crippen molar-refractivity contribution in [3.8, 4) is 0 Å². The second-order valence-electron chi connectivity index (χ2n) is 8.65. The summed E-state index contributed by atoms with van der Waals surface area (Å²) >= 11 is 0. The molecule has 0 atom stereocenters. The molecule has 0 aliphatic carbocycles. The lowest BCUT2D eigenvalue weighted by atomic mass is 9.73. The molecule has 2 aliphatic heterocycles. The summed E-state index contributed by atoms with van der Waals surface area (Å²) in [6.45, 7) is 4.53. The van der Waals surface area contributed by atoms with Gasteiger partial charge in [-0.2, -0.15) is 0 Å². The van der Waals surface area contributed by atoms with Crippen molar-refractivity contribution in [2.45, 2.75) is 38.3 Å². The average molecular weight is 446 g/mol. The van der Waals surface area contributed by atoms with Gasteiger partial charge in [0.2, 0.25) is 11.9 Å². The van der Waals surface area contributed by atoms with Gasteiger partial charge in [0.15, 0.2) is 0 Å². The van der Waals surface area contributed by atoms with Crippen LogP contribution in [-0.2, 0) is 28.0 Å². The fraction of sp³-hybridized carbons (Fsp3) is 0.360. The molecule has 1 fully saturated rings. The van der Waals surface area contributed by atoms with Crippen LogP contribution >= 0.6 is 0 Å². The van der Waals surface area contributed by atoms with E-state index < -0.39 is 5.41 Å². The molecule has 0 radical (unpaired) electrons. The largest absolute Gasteiger partial charge is 0.381 e. The van der Waals surface area contributed by atoms with Crippen LogP contribution in [0.2, 0.25) is 0 Å². The Morgan fingerprint density at radius 2 is 1.79 bits per heavy atom. The maximum absolute atomic E-state index is 13.6. The van der Waals surface area contributed by atoms with E-state index in [1.54, 1.807) is 4.90 Å². The van der Waals surface area contributed by atoms with Crippen molar-refractivity contribution >= 4 is 28.7 Å². The predicted octanol–water partition coefficient (Wildman–Crippen LogP) is 2.55. The quantitative estimate of drug-likeness (QED) is 0.639. The molecular weight excluding hydrogens is 418 g/mol. The van der Waals surface area contributed by atoms with Gasteiger partial charge in [-0.3, -0.25) is 9.59 Å². The molecule has 33 heavy (non-hydrogen) atoms. The fourth-order valence-electron chi connectivity index (χ4n) is 4.93. The van der Waals surface area contributed by atoms with Gasteiger partial charge in [0.05, 0.1) is 10.9 Å². The minimum Gasteiger partial charge on any atom is -0.381 e. The van der Waals surface area contributed by atoms with Crippen molar-refractivity contribution < 1.29 is 14.3 Å². The number of nitrogens with one attached hydrogen (secondary N) is 1. The summed E-state index contributed by atoms with van der Waals surface area (Å²) in [4.78, 5) is 37.2. The van der Waals surface area contributed by atoms with Gasteiger partial charge >= 0.3 is 0 Å². The number of aromatic nitrogens is 2. The zero-order valence-corrected chi connectivity index (χ0v) is 18.6. The Labute approximate surface area is 192 Å². The number of amides is 2. The Kier molecular flexibility index (Phi) is 5.46. The number of hydrogen-bond acceptors (Lipinski definition) is 6. The number of hydrogen-bond donors (Lipinski definition) is 2. The first kappa shape index (κ1) is 21.3. The molecule has 3 N–H and O–H groups in total.